The van der Waals surface area contributed by atoms with Crippen molar-refractivity contribution in [2.75, 3.05) is 5.32 Å². The molecular weight excluding hydrogens is 364 g/mol. The molecule has 1 aromatic heterocycles. The molecule has 1 saturated carbocycles. The molecule has 1 aliphatic heterocycles. The third-order valence-electron chi connectivity index (χ3n) is 5.56. The molecular formula is C22H24N6O. The second-order valence-electron chi connectivity index (χ2n) is 7.90. The Morgan fingerprint density at radius 3 is 2.72 bits per heavy atom. The van der Waals surface area contributed by atoms with Crippen LogP contribution in [0.15, 0.2) is 48.5 Å². The van der Waals surface area contributed by atoms with E-state index in [9.17, 15) is 4.79 Å². The average molecular weight is 388 g/mol. The Hall–Kier alpha value is -3.03. The molecule has 7 heteroatoms. The number of amides is 1. The van der Waals surface area contributed by atoms with E-state index in [0.717, 1.165) is 35.5 Å². The summed E-state index contributed by atoms with van der Waals surface area (Å²) in [4.78, 5) is 17.6. The van der Waals surface area contributed by atoms with E-state index >= 15 is 0 Å². The number of benzene rings is 2. The van der Waals surface area contributed by atoms with Gasteiger partial charge in [0, 0.05) is 17.5 Å². The largest absolute Gasteiger partial charge is 0.324 e. The molecule has 5 rings (SSSR count). The summed E-state index contributed by atoms with van der Waals surface area (Å²) < 4.78 is 0. The Labute approximate surface area is 169 Å². The lowest BCUT2D eigenvalue weighted by Crippen LogP contribution is -2.39. The first kappa shape index (κ1) is 18.0. The minimum atomic E-state index is -0.316. The fourth-order valence-electron chi connectivity index (χ4n) is 3.74. The second kappa shape index (κ2) is 7.42. The standard InChI is InChI=1S/C22H24N6O/c1-13-7-10-17(16(11-13)21-24-20(27-28-21)15-8-9-15)23-22(29)19-12-18(25-26-19)14-5-3-2-4-6-14/h2-7,10-11,15,18-19,25-26H,8-9,12H2,1H3,(H,23,29)(H,24,27,28). The van der Waals surface area contributed by atoms with E-state index in [0.29, 0.717) is 18.2 Å². The molecule has 148 valence electrons. The SMILES string of the molecule is Cc1ccc(NC(=O)C2CC(c3ccccc3)NN2)c(-c2n[nH]c(C3CC3)n2)c1. The summed E-state index contributed by atoms with van der Waals surface area (Å²) in [5, 5.41) is 10.5. The maximum absolute atomic E-state index is 12.9. The van der Waals surface area contributed by atoms with Crippen molar-refractivity contribution in [3.8, 4) is 11.4 Å². The predicted octanol–water partition coefficient (Wildman–Crippen LogP) is 3.20. The Bertz CT molecular complexity index is 1030. The number of anilines is 1. The number of nitrogens with zero attached hydrogens (tertiary/aromatic N) is 2. The van der Waals surface area contributed by atoms with Crippen molar-refractivity contribution < 1.29 is 4.79 Å². The lowest BCUT2D eigenvalue weighted by Gasteiger charge is -2.13. The van der Waals surface area contributed by atoms with Gasteiger partial charge in [0.2, 0.25) is 5.91 Å². The summed E-state index contributed by atoms with van der Waals surface area (Å²) in [7, 11) is 0. The zero-order valence-corrected chi connectivity index (χ0v) is 16.3. The molecule has 2 aliphatic rings. The smallest absolute Gasteiger partial charge is 0.242 e. The molecule has 2 fully saturated rings. The van der Waals surface area contributed by atoms with Crippen LogP contribution in [0.25, 0.3) is 11.4 Å². The van der Waals surface area contributed by atoms with Crippen molar-refractivity contribution in [1.82, 2.24) is 26.0 Å². The van der Waals surface area contributed by atoms with E-state index in [1.54, 1.807) is 0 Å². The first-order chi connectivity index (χ1) is 14.2. The number of nitrogens with one attached hydrogen (secondary N) is 4. The van der Waals surface area contributed by atoms with E-state index in [1.807, 2.05) is 43.3 Å². The van der Waals surface area contributed by atoms with Crippen LogP contribution in [0.3, 0.4) is 0 Å². The molecule has 0 spiro atoms. The Morgan fingerprint density at radius 2 is 1.93 bits per heavy atom. The van der Waals surface area contributed by atoms with Crippen LogP contribution in [0.2, 0.25) is 0 Å². The zero-order valence-electron chi connectivity index (χ0n) is 16.3. The van der Waals surface area contributed by atoms with E-state index in [2.05, 4.69) is 43.5 Å². The topological polar surface area (TPSA) is 94.7 Å². The number of carbonyl (C=O) groups is 1. The second-order valence-corrected chi connectivity index (χ2v) is 7.90. The van der Waals surface area contributed by atoms with Crippen molar-refractivity contribution in [3.63, 3.8) is 0 Å². The fraction of sp³-hybridized carbons (Fsp3) is 0.318. The summed E-state index contributed by atoms with van der Waals surface area (Å²) in [6.07, 6.45) is 3.01. The normalized spacial score (nSPS) is 21.3. The van der Waals surface area contributed by atoms with Crippen LogP contribution in [0, 0.1) is 6.92 Å². The Morgan fingerprint density at radius 1 is 1.10 bits per heavy atom. The van der Waals surface area contributed by atoms with E-state index < -0.39 is 0 Å². The summed E-state index contributed by atoms with van der Waals surface area (Å²) in [5.74, 6) is 2.00. The maximum Gasteiger partial charge on any atom is 0.242 e. The number of H-pyrrole nitrogens is 1. The highest BCUT2D eigenvalue weighted by Gasteiger charge is 2.31. The number of carbonyl (C=O) groups excluding carboxylic acids is 1. The van der Waals surface area contributed by atoms with E-state index in [4.69, 9.17) is 0 Å². The van der Waals surface area contributed by atoms with Crippen LogP contribution in [0.4, 0.5) is 5.69 Å². The summed E-state index contributed by atoms with van der Waals surface area (Å²) in [6, 6.07) is 15.9. The molecule has 29 heavy (non-hydrogen) atoms. The third-order valence-corrected chi connectivity index (χ3v) is 5.56. The number of hydrazine groups is 1. The quantitative estimate of drug-likeness (QED) is 0.538. The molecule has 0 radical (unpaired) electrons. The van der Waals surface area contributed by atoms with Crippen molar-refractivity contribution >= 4 is 11.6 Å². The maximum atomic E-state index is 12.9. The van der Waals surface area contributed by atoms with Crippen molar-refractivity contribution in [2.24, 2.45) is 0 Å². The highest BCUT2D eigenvalue weighted by molar-refractivity contribution is 5.98. The van der Waals surface area contributed by atoms with Gasteiger partial charge in [-0.3, -0.25) is 9.89 Å². The molecule has 7 nitrogen and oxygen atoms in total. The number of aromatic amines is 1. The number of rotatable bonds is 5. The first-order valence-electron chi connectivity index (χ1n) is 10.1. The molecule has 2 unspecified atom stereocenters. The van der Waals surface area contributed by atoms with Crippen molar-refractivity contribution in [1.29, 1.82) is 0 Å². The lowest BCUT2D eigenvalue weighted by molar-refractivity contribution is -0.117. The van der Waals surface area contributed by atoms with Gasteiger partial charge in [-0.05, 0) is 43.9 Å². The van der Waals surface area contributed by atoms with Crippen LogP contribution in [-0.2, 0) is 4.79 Å². The van der Waals surface area contributed by atoms with Gasteiger partial charge in [-0.1, -0.05) is 42.0 Å². The minimum absolute atomic E-state index is 0.0704. The van der Waals surface area contributed by atoms with Gasteiger partial charge in [0.25, 0.3) is 0 Å². The van der Waals surface area contributed by atoms with Gasteiger partial charge in [0.05, 0.1) is 5.69 Å². The van der Waals surface area contributed by atoms with Gasteiger partial charge in [0.1, 0.15) is 11.9 Å². The molecule has 1 amide bonds. The molecule has 4 N–H and O–H groups in total. The highest BCUT2D eigenvalue weighted by atomic mass is 16.2. The lowest BCUT2D eigenvalue weighted by atomic mass is 10.0. The van der Waals surface area contributed by atoms with E-state index in [1.165, 1.54) is 5.56 Å². The molecule has 1 aliphatic carbocycles. The van der Waals surface area contributed by atoms with Crippen molar-refractivity contribution in [3.05, 3.63) is 65.5 Å². The van der Waals surface area contributed by atoms with Crippen LogP contribution in [-0.4, -0.2) is 27.1 Å². The first-order valence-corrected chi connectivity index (χ1v) is 10.1. The number of aryl methyl sites for hydroxylation is 1. The monoisotopic (exact) mass is 388 g/mol. The van der Waals surface area contributed by atoms with Crippen molar-refractivity contribution in [2.45, 2.75) is 44.2 Å². The van der Waals surface area contributed by atoms with Crippen LogP contribution >= 0.6 is 0 Å². The van der Waals surface area contributed by atoms with Gasteiger partial charge in [-0.15, -0.1) is 0 Å². The summed E-state index contributed by atoms with van der Waals surface area (Å²) in [5.41, 5.74) is 10.2. The van der Waals surface area contributed by atoms with Gasteiger partial charge in [0.15, 0.2) is 5.82 Å². The van der Waals surface area contributed by atoms with E-state index in [-0.39, 0.29) is 18.0 Å². The Kier molecular flexibility index (Phi) is 4.61. The minimum Gasteiger partial charge on any atom is -0.324 e. The molecule has 0 bridgehead atoms. The number of hydrogen-bond donors (Lipinski definition) is 4. The fourth-order valence-corrected chi connectivity index (χ4v) is 3.74. The Balaban J connectivity index is 1.33. The summed E-state index contributed by atoms with van der Waals surface area (Å²) >= 11 is 0. The number of hydrogen-bond acceptors (Lipinski definition) is 5. The summed E-state index contributed by atoms with van der Waals surface area (Å²) in [6.45, 7) is 2.02. The van der Waals surface area contributed by atoms with Gasteiger partial charge >= 0.3 is 0 Å². The van der Waals surface area contributed by atoms with Gasteiger partial charge in [-0.2, -0.15) is 5.10 Å². The van der Waals surface area contributed by atoms with Gasteiger partial charge < -0.3 is 5.32 Å². The molecule has 3 aromatic rings. The predicted molar refractivity (Wildman–Crippen MR) is 111 cm³/mol. The average Bonchev–Trinajstić information content (AvgIpc) is 3.27. The molecule has 2 atom stereocenters. The number of aromatic nitrogens is 3. The van der Waals surface area contributed by atoms with Crippen LogP contribution < -0.4 is 16.2 Å². The highest BCUT2D eigenvalue weighted by Crippen LogP contribution is 2.39. The third kappa shape index (κ3) is 3.79. The van der Waals surface area contributed by atoms with Crippen LogP contribution in [0.5, 0.6) is 0 Å². The molecule has 2 heterocycles. The molecule has 2 aromatic carbocycles. The van der Waals surface area contributed by atoms with Crippen LogP contribution in [0.1, 0.15) is 48.2 Å². The molecule has 1 saturated heterocycles. The zero-order chi connectivity index (χ0) is 19.8. The van der Waals surface area contributed by atoms with Gasteiger partial charge in [-0.25, -0.2) is 15.8 Å².